The van der Waals surface area contributed by atoms with Gasteiger partial charge in [-0.1, -0.05) is 12.1 Å². The van der Waals surface area contributed by atoms with Crippen molar-refractivity contribution in [2.45, 2.75) is 6.04 Å². The van der Waals surface area contributed by atoms with E-state index in [9.17, 15) is 4.79 Å². The van der Waals surface area contributed by atoms with Gasteiger partial charge in [0.05, 0.1) is 13.2 Å². The van der Waals surface area contributed by atoms with Crippen LogP contribution in [0.25, 0.3) is 0 Å². The Kier molecular flexibility index (Phi) is 3.80. The molecule has 2 rings (SSSR count). The van der Waals surface area contributed by atoms with Crippen LogP contribution in [-0.2, 0) is 4.74 Å². The summed E-state index contributed by atoms with van der Waals surface area (Å²) in [6.45, 7) is 0.394. The Balaban J connectivity index is 0.00000112. The molecule has 1 amide bonds. The van der Waals surface area contributed by atoms with Gasteiger partial charge >= 0.3 is 6.09 Å². The number of carbonyl (C=O) groups is 1. The van der Waals surface area contributed by atoms with Crippen LogP contribution in [0, 0.1) is 0 Å². The van der Waals surface area contributed by atoms with Crippen molar-refractivity contribution in [1.82, 2.24) is 5.32 Å². The van der Waals surface area contributed by atoms with Crippen LogP contribution in [0.5, 0.6) is 5.75 Å². The average Bonchev–Trinajstić information content (AvgIpc) is 2.65. The lowest BCUT2D eigenvalue weighted by atomic mass is 10.1. The molecule has 1 N–H and O–H groups in total. The highest BCUT2D eigenvalue weighted by Gasteiger charge is 2.23. The maximum atomic E-state index is 10.8. The smallest absolute Gasteiger partial charge is 0.407 e. The minimum atomic E-state index is -0.356. The number of methoxy groups -OCH3 is 1. The maximum Gasteiger partial charge on any atom is 0.407 e. The lowest BCUT2D eigenvalue weighted by Crippen LogP contribution is -2.18. The molecule has 1 aromatic rings. The Hall–Kier alpha value is -1.42. The minimum absolute atomic E-state index is 0. The third kappa shape index (κ3) is 2.53. The Morgan fingerprint density at radius 3 is 2.53 bits per heavy atom. The van der Waals surface area contributed by atoms with Gasteiger partial charge in [0, 0.05) is 0 Å². The van der Waals surface area contributed by atoms with Crippen LogP contribution in [-0.4, -0.2) is 19.8 Å². The standard InChI is InChI=1S/C10H11NO3.ClH/c1-13-8-4-2-7(3-5-8)9-6-14-10(12)11-9;/h2-5,9H,6H2,1H3,(H,11,12);1H/t9-;/m0./s1. The summed E-state index contributed by atoms with van der Waals surface area (Å²) in [6.07, 6.45) is -0.356. The Bertz CT molecular complexity index is 339. The first kappa shape index (κ1) is 11.7. The molecule has 0 aliphatic carbocycles. The van der Waals surface area contributed by atoms with Crippen LogP contribution >= 0.6 is 12.4 Å². The summed E-state index contributed by atoms with van der Waals surface area (Å²) in [5, 5.41) is 2.71. The second-order valence-corrected chi connectivity index (χ2v) is 3.07. The summed E-state index contributed by atoms with van der Waals surface area (Å²) in [5.74, 6) is 0.805. The fourth-order valence-electron chi connectivity index (χ4n) is 1.40. The SMILES string of the molecule is COc1ccc([C@@H]2COC(=O)N2)cc1.Cl. The van der Waals surface area contributed by atoms with Gasteiger partial charge in [0.25, 0.3) is 0 Å². The Morgan fingerprint density at radius 2 is 2.07 bits per heavy atom. The molecule has 1 aliphatic heterocycles. The summed E-state index contributed by atoms with van der Waals surface area (Å²) in [6, 6.07) is 7.52. The average molecular weight is 230 g/mol. The molecule has 5 heteroatoms. The second-order valence-electron chi connectivity index (χ2n) is 3.07. The molecular weight excluding hydrogens is 218 g/mol. The van der Waals surface area contributed by atoms with Gasteiger partial charge < -0.3 is 14.8 Å². The van der Waals surface area contributed by atoms with Crippen molar-refractivity contribution in [1.29, 1.82) is 0 Å². The number of halogens is 1. The van der Waals surface area contributed by atoms with Crippen LogP contribution in [0.15, 0.2) is 24.3 Å². The molecule has 1 fully saturated rings. The van der Waals surface area contributed by atoms with Crippen molar-refractivity contribution < 1.29 is 14.3 Å². The molecule has 1 atom stereocenters. The van der Waals surface area contributed by atoms with E-state index in [-0.39, 0.29) is 24.5 Å². The van der Waals surface area contributed by atoms with Gasteiger partial charge in [-0.05, 0) is 17.7 Å². The van der Waals surface area contributed by atoms with Gasteiger partial charge in [-0.25, -0.2) is 4.79 Å². The van der Waals surface area contributed by atoms with Crippen molar-refractivity contribution in [2.75, 3.05) is 13.7 Å². The molecule has 1 heterocycles. The zero-order chi connectivity index (χ0) is 9.97. The predicted octanol–water partition coefficient (Wildman–Crippen LogP) is 1.90. The highest BCUT2D eigenvalue weighted by Crippen LogP contribution is 2.20. The number of cyclic esters (lactones) is 1. The number of rotatable bonds is 2. The third-order valence-electron chi connectivity index (χ3n) is 2.19. The van der Waals surface area contributed by atoms with Gasteiger partial charge in [0.15, 0.2) is 0 Å². The molecule has 4 nitrogen and oxygen atoms in total. The number of hydrogen-bond donors (Lipinski definition) is 1. The summed E-state index contributed by atoms with van der Waals surface area (Å²) in [4.78, 5) is 10.8. The number of ether oxygens (including phenoxy) is 2. The fourth-order valence-corrected chi connectivity index (χ4v) is 1.40. The molecule has 0 saturated carbocycles. The van der Waals surface area contributed by atoms with E-state index in [4.69, 9.17) is 9.47 Å². The van der Waals surface area contributed by atoms with E-state index < -0.39 is 0 Å². The number of carbonyl (C=O) groups excluding carboxylic acids is 1. The van der Waals surface area contributed by atoms with Crippen molar-refractivity contribution in [2.24, 2.45) is 0 Å². The third-order valence-corrected chi connectivity index (χ3v) is 2.19. The van der Waals surface area contributed by atoms with Crippen molar-refractivity contribution in [3.8, 4) is 5.75 Å². The van der Waals surface area contributed by atoms with Gasteiger partial charge in [-0.15, -0.1) is 12.4 Å². The van der Waals surface area contributed by atoms with E-state index in [0.29, 0.717) is 6.61 Å². The van der Waals surface area contributed by atoms with E-state index in [1.807, 2.05) is 24.3 Å². The first-order valence-corrected chi connectivity index (χ1v) is 4.37. The molecule has 0 bridgehead atoms. The molecule has 0 unspecified atom stereocenters. The number of alkyl carbamates (subject to hydrolysis) is 1. The number of hydrogen-bond acceptors (Lipinski definition) is 3. The topological polar surface area (TPSA) is 47.6 Å². The summed E-state index contributed by atoms with van der Waals surface area (Å²) in [7, 11) is 1.62. The zero-order valence-corrected chi connectivity index (χ0v) is 9.04. The predicted molar refractivity (Wildman–Crippen MR) is 57.5 cm³/mol. The molecule has 1 aromatic carbocycles. The quantitative estimate of drug-likeness (QED) is 0.843. The summed E-state index contributed by atoms with van der Waals surface area (Å²) in [5.41, 5.74) is 1.02. The van der Waals surface area contributed by atoms with E-state index in [2.05, 4.69) is 5.32 Å². The molecular formula is C10H12ClNO3. The Morgan fingerprint density at radius 1 is 1.40 bits per heavy atom. The minimum Gasteiger partial charge on any atom is -0.497 e. The molecule has 82 valence electrons. The Labute approximate surface area is 94.0 Å². The van der Waals surface area contributed by atoms with E-state index in [0.717, 1.165) is 11.3 Å². The molecule has 0 radical (unpaired) electrons. The molecule has 0 aromatic heterocycles. The first-order valence-electron chi connectivity index (χ1n) is 4.37. The van der Waals surface area contributed by atoms with Crippen LogP contribution in [0.2, 0.25) is 0 Å². The number of nitrogens with one attached hydrogen (secondary N) is 1. The molecule has 15 heavy (non-hydrogen) atoms. The van der Waals surface area contributed by atoms with Gasteiger partial charge in [-0.2, -0.15) is 0 Å². The number of amides is 1. The van der Waals surface area contributed by atoms with E-state index in [1.165, 1.54) is 0 Å². The van der Waals surface area contributed by atoms with Crippen molar-refractivity contribution in [3.63, 3.8) is 0 Å². The number of benzene rings is 1. The largest absolute Gasteiger partial charge is 0.497 e. The first-order chi connectivity index (χ1) is 6.79. The van der Waals surface area contributed by atoms with Crippen LogP contribution in [0.1, 0.15) is 11.6 Å². The van der Waals surface area contributed by atoms with Gasteiger partial charge in [0.2, 0.25) is 0 Å². The maximum absolute atomic E-state index is 10.8. The van der Waals surface area contributed by atoms with Crippen LogP contribution < -0.4 is 10.1 Å². The van der Waals surface area contributed by atoms with Crippen LogP contribution in [0.4, 0.5) is 4.79 Å². The van der Waals surface area contributed by atoms with Crippen molar-refractivity contribution in [3.05, 3.63) is 29.8 Å². The molecule has 1 saturated heterocycles. The highest BCUT2D eigenvalue weighted by molar-refractivity contribution is 5.85. The normalized spacial score (nSPS) is 18.7. The highest BCUT2D eigenvalue weighted by atomic mass is 35.5. The van der Waals surface area contributed by atoms with Crippen molar-refractivity contribution >= 4 is 18.5 Å². The van der Waals surface area contributed by atoms with E-state index >= 15 is 0 Å². The summed E-state index contributed by atoms with van der Waals surface area (Å²) < 4.78 is 9.83. The molecule has 0 spiro atoms. The zero-order valence-electron chi connectivity index (χ0n) is 8.23. The van der Waals surface area contributed by atoms with E-state index in [1.54, 1.807) is 7.11 Å². The summed E-state index contributed by atoms with van der Waals surface area (Å²) >= 11 is 0. The second kappa shape index (κ2) is 4.89. The van der Waals surface area contributed by atoms with Gasteiger partial charge in [0.1, 0.15) is 12.4 Å². The van der Waals surface area contributed by atoms with Crippen LogP contribution in [0.3, 0.4) is 0 Å². The lowest BCUT2D eigenvalue weighted by Gasteiger charge is -2.07. The fraction of sp³-hybridized carbons (Fsp3) is 0.300. The lowest BCUT2D eigenvalue weighted by molar-refractivity contribution is 0.177. The monoisotopic (exact) mass is 229 g/mol. The van der Waals surface area contributed by atoms with Gasteiger partial charge in [-0.3, -0.25) is 0 Å². The molecule has 1 aliphatic rings.